The highest BCUT2D eigenvalue weighted by Gasteiger charge is 2.05. The van der Waals surface area contributed by atoms with Gasteiger partial charge in [-0.15, -0.1) is 0 Å². The molecule has 1 heterocycles. The summed E-state index contributed by atoms with van der Waals surface area (Å²) in [6.07, 6.45) is 2.70. The smallest absolute Gasteiger partial charge is 0.116 e. The van der Waals surface area contributed by atoms with E-state index in [0.29, 0.717) is 5.75 Å². The lowest BCUT2D eigenvalue weighted by molar-refractivity contribution is 0.475. The molecule has 1 aliphatic heterocycles. The van der Waals surface area contributed by atoms with E-state index in [-0.39, 0.29) is 0 Å². The summed E-state index contributed by atoms with van der Waals surface area (Å²) < 4.78 is 0. The van der Waals surface area contributed by atoms with Crippen LogP contribution in [0.15, 0.2) is 23.2 Å². The van der Waals surface area contributed by atoms with Crippen LogP contribution in [-0.4, -0.2) is 11.3 Å². The molecule has 2 heteroatoms. The van der Waals surface area contributed by atoms with Crippen molar-refractivity contribution in [2.24, 2.45) is 4.99 Å². The Bertz CT molecular complexity index is 291. The molecule has 0 atom stereocenters. The van der Waals surface area contributed by atoms with Crippen LogP contribution in [0, 0.1) is 0 Å². The van der Waals surface area contributed by atoms with Crippen LogP contribution in [0.2, 0.25) is 0 Å². The van der Waals surface area contributed by atoms with E-state index >= 15 is 0 Å². The van der Waals surface area contributed by atoms with Crippen LogP contribution >= 0.6 is 0 Å². The molecule has 2 rings (SSSR count). The number of nitrogens with zero attached hydrogens (tertiary/aromatic N) is 1. The van der Waals surface area contributed by atoms with Crippen LogP contribution in [0.5, 0.6) is 5.75 Å². The second-order valence-corrected chi connectivity index (χ2v) is 2.33. The molecule has 1 N–H and O–H groups in total. The molecule has 0 saturated carbocycles. The third-order valence-corrected chi connectivity index (χ3v) is 1.60. The maximum Gasteiger partial charge on any atom is 0.116 e. The van der Waals surface area contributed by atoms with E-state index in [1.54, 1.807) is 12.1 Å². The lowest BCUT2D eigenvalue weighted by Gasteiger charge is -1.95. The van der Waals surface area contributed by atoms with Gasteiger partial charge in [0.15, 0.2) is 0 Å². The Morgan fingerprint density at radius 1 is 1.40 bits per heavy atom. The molecular formula is C8H7NO. The first kappa shape index (κ1) is 5.47. The number of rotatable bonds is 0. The summed E-state index contributed by atoms with van der Waals surface area (Å²) in [5.41, 5.74) is 2.10. The second-order valence-electron chi connectivity index (χ2n) is 2.33. The standard InChI is InChI=1S/C8H7NO/c10-7-1-2-8-6(5-7)3-4-9-8/h1-2,4-5,10H,3H2. The maximum absolute atomic E-state index is 9.04. The van der Waals surface area contributed by atoms with Crippen LogP contribution in [0.25, 0.3) is 0 Å². The van der Waals surface area contributed by atoms with Crippen molar-refractivity contribution >= 4 is 11.9 Å². The molecular weight excluding hydrogens is 126 g/mol. The Balaban J connectivity index is 2.59. The molecule has 1 aromatic carbocycles. The monoisotopic (exact) mass is 133 g/mol. The van der Waals surface area contributed by atoms with E-state index in [9.17, 15) is 0 Å². The molecule has 0 amide bonds. The van der Waals surface area contributed by atoms with Crippen LogP contribution in [-0.2, 0) is 6.42 Å². The molecule has 1 aromatic rings. The van der Waals surface area contributed by atoms with Crippen molar-refractivity contribution in [3.05, 3.63) is 23.8 Å². The number of phenols is 1. The first-order chi connectivity index (χ1) is 4.86. The quantitative estimate of drug-likeness (QED) is 0.573. The van der Waals surface area contributed by atoms with Crippen LogP contribution < -0.4 is 0 Å². The van der Waals surface area contributed by atoms with Gasteiger partial charge in [0, 0.05) is 12.6 Å². The molecule has 0 aromatic heterocycles. The van der Waals surface area contributed by atoms with E-state index in [2.05, 4.69) is 4.99 Å². The zero-order valence-corrected chi connectivity index (χ0v) is 5.41. The van der Waals surface area contributed by atoms with E-state index in [4.69, 9.17) is 5.11 Å². The average molecular weight is 133 g/mol. The van der Waals surface area contributed by atoms with Crippen molar-refractivity contribution in [1.82, 2.24) is 0 Å². The van der Waals surface area contributed by atoms with Gasteiger partial charge >= 0.3 is 0 Å². The van der Waals surface area contributed by atoms with Gasteiger partial charge < -0.3 is 5.11 Å². The molecule has 0 bridgehead atoms. The molecule has 50 valence electrons. The van der Waals surface area contributed by atoms with Gasteiger partial charge in [-0.25, -0.2) is 0 Å². The molecule has 0 saturated heterocycles. The normalized spacial score (nSPS) is 13.6. The number of aliphatic imine (C=N–C) groups is 1. The summed E-state index contributed by atoms with van der Waals surface area (Å²) in [5.74, 6) is 0.323. The Morgan fingerprint density at radius 3 is 3.20 bits per heavy atom. The fourth-order valence-electron chi connectivity index (χ4n) is 1.10. The number of aromatic hydroxyl groups is 1. The van der Waals surface area contributed by atoms with Crippen molar-refractivity contribution in [1.29, 1.82) is 0 Å². The summed E-state index contributed by atoms with van der Waals surface area (Å²) in [6, 6.07) is 5.23. The van der Waals surface area contributed by atoms with Gasteiger partial charge in [0.1, 0.15) is 5.75 Å². The number of hydrogen-bond acceptors (Lipinski definition) is 2. The predicted molar refractivity (Wildman–Crippen MR) is 40.0 cm³/mol. The second kappa shape index (κ2) is 1.84. The van der Waals surface area contributed by atoms with Crippen molar-refractivity contribution in [3.8, 4) is 5.75 Å². The Kier molecular flexibility index (Phi) is 1.01. The fraction of sp³-hybridized carbons (Fsp3) is 0.125. The van der Waals surface area contributed by atoms with Gasteiger partial charge in [-0.05, 0) is 23.8 Å². The Morgan fingerprint density at radius 2 is 2.30 bits per heavy atom. The summed E-state index contributed by atoms with van der Waals surface area (Å²) in [6.45, 7) is 0. The van der Waals surface area contributed by atoms with Gasteiger partial charge in [-0.1, -0.05) is 0 Å². The van der Waals surface area contributed by atoms with E-state index in [1.165, 1.54) is 0 Å². The molecule has 1 aliphatic rings. The van der Waals surface area contributed by atoms with Crippen LogP contribution in [0.4, 0.5) is 5.69 Å². The zero-order chi connectivity index (χ0) is 6.97. The highest BCUT2D eigenvalue weighted by molar-refractivity contribution is 5.76. The minimum Gasteiger partial charge on any atom is -0.508 e. The minimum absolute atomic E-state index is 0.323. The third kappa shape index (κ3) is 0.692. The summed E-state index contributed by atoms with van der Waals surface area (Å²) in [4.78, 5) is 4.10. The van der Waals surface area contributed by atoms with Crippen LogP contribution in [0.1, 0.15) is 5.56 Å². The number of hydrogen-bond donors (Lipinski definition) is 1. The van der Waals surface area contributed by atoms with Gasteiger partial charge in [0.05, 0.1) is 5.69 Å². The minimum atomic E-state index is 0.323. The summed E-state index contributed by atoms with van der Waals surface area (Å²) >= 11 is 0. The fourth-order valence-corrected chi connectivity index (χ4v) is 1.10. The Hall–Kier alpha value is -1.31. The first-order valence-corrected chi connectivity index (χ1v) is 3.21. The molecule has 0 unspecified atom stereocenters. The number of phenolic OH excluding ortho intramolecular Hbond substituents is 1. The van der Waals surface area contributed by atoms with Crippen LogP contribution in [0.3, 0.4) is 0 Å². The van der Waals surface area contributed by atoms with Gasteiger partial charge in [-0.3, -0.25) is 4.99 Å². The van der Waals surface area contributed by atoms with Crippen molar-refractivity contribution in [2.45, 2.75) is 6.42 Å². The average Bonchev–Trinajstić information content (AvgIpc) is 2.33. The van der Waals surface area contributed by atoms with Crippen molar-refractivity contribution in [3.63, 3.8) is 0 Å². The summed E-state index contributed by atoms with van der Waals surface area (Å²) in [5, 5.41) is 9.04. The van der Waals surface area contributed by atoms with Crippen molar-refractivity contribution < 1.29 is 5.11 Å². The molecule has 0 radical (unpaired) electrons. The molecule has 10 heavy (non-hydrogen) atoms. The SMILES string of the molecule is Oc1ccc2c(c1)CC=N2. The lowest BCUT2D eigenvalue weighted by atomic mass is 10.1. The number of benzene rings is 1. The zero-order valence-electron chi connectivity index (χ0n) is 5.41. The molecule has 2 nitrogen and oxygen atoms in total. The Labute approximate surface area is 58.8 Å². The highest BCUT2D eigenvalue weighted by Crippen LogP contribution is 2.26. The molecule has 0 aliphatic carbocycles. The topological polar surface area (TPSA) is 32.6 Å². The predicted octanol–water partition coefficient (Wildman–Crippen LogP) is 1.65. The first-order valence-electron chi connectivity index (χ1n) is 3.21. The molecule has 0 fully saturated rings. The largest absolute Gasteiger partial charge is 0.508 e. The third-order valence-electron chi connectivity index (χ3n) is 1.60. The van der Waals surface area contributed by atoms with Gasteiger partial charge in [0.2, 0.25) is 0 Å². The van der Waals surface area contributed by atoms with E-state index in [0.717, 1.165) is 17.7 Å². The van der Waals surface area contributed by atoms with E-state index in [1.807, 2.05) is 12.3 Å². The maximum atomic E-state index is 9.04. The number of fused-ring (bicyclic) bond motifs is 1. The van der Waals surface area contributed by atoms with E-state index < -0.39 is 0 Å². The van der Waals surface area contributed by atoms with Gasteiger partial charge in [-0.2, -0.15) is 0 Å². The molecule has 0 spiro atoms. The van der Waals surface area contributed by atoms with Crippen molar-refractivity contribution in [2.75, 3.05) is 0 Å². The lowest BCUT2D eigenvalue weighted by Crippen LogP contribution is -1.76. The van der Waals surface area contributed by atoms with Gasteiger partial charge in [0.25, 0.3) is 0 Å². The summed E-state index contributed by atoms with van der Waals surface area (Å²) in [7, 11) is 0. The highest BCUT2D eigenvalue weighted by atomic mass is 16.3.